The third kappa shape index (κ3) is 2.39. The highest BCUT2D eigenvalue weighted by Gasteiger charge is 2.11. The van der Waals surface area contributed by atoms with Crippen LogP contribution in [0.1, 0.15) is 28.8 Å². The zero-order valence-electron chi connectivity index (χ0n) is 9.22. The normalized spacial score (nSPS) is 10.6. The van der Waals surface area contributed by atoms with E-state index in [2.05, 4.69) is 11.9 Å². The van der Waals surface area contributed by atoms with Crippen molar-refractivity contribution in [2.75, 3.05) is 0 Å². The fraction of sp³-hybridized carbons (Fsp3) is 0.333. The number of imidazole rings is 1. The van der Waals surface area contributed by atoms with Gasteiger partial charge in [0.05, 0.1) is 11.3 Å². The zero-order chi connectivity index (χ0) is 11.4. The first-order valence-electron chi connectivity index (χ1n) is 5.38. The minimum Gasteiger partial charge on any atom is -0.335 e. The lowest BCUT2D eigenvalue weighted by molar-refractivity contribution is 0.0993. The summed E-state index contributed by atoms with van der Waals surface area (Å²) in [7, 11) is 0. The summed E-state index contributed by atoms with van der Waals surface area (Å²) in [5.41, 5.74) is 0. The van der Waals surface area contributed by atoms with E-state index in [0.717, 1.165) is 23.7 Å². The van der Waals surface area contributed by atoms with Crippen molar-refractivity contribution in [3.63, 3.8) is 0 Å². The van der Waals surface area contributed by atoms with Gasteiger partial charge in [0.25, 0.3) is 0 Å². The van der Waals surface area contributed by atoms with Crippen molar-refractivity contribution >= 4 is 17.1 Å². The highest BCUT2D eigenvalue weighted by Crippen LogP contribution is 2.12. The first-order chi connectivity index (χ1) is 7.81. The Bertz CT molecular complexity index is 459. The van der Waals surface area contributed by atoms with Crippen molar-refractivity contribution in [2.45, 2.75) is 26.3 Å². The third-order valence-electron chi connectivity index (χ3n) is 2.38. The molecule has 0 saturated heterocycles. The molecule has 0 aliphatic rings. The van der Waals surface area contributed by atoms with Gasteiger partial charge < -0.3 is 4.57 Å². The van der Waals surface area contributed by atoms with Gasteiger partial charge in [0.1, 0.15) is 5.82 Å². The number of carbonyl (C=O) groups is 1. The molecule has 2 rings (SSSR count). The molecule has 2 aromatic rings. The Hall–Kier alpha value is -1.42. The fourth-order valence-corrected chi connectivity index (χ4v) is 2.28. The molecule has 0 spiro atoms. The molecule has 84 valence electrons. The number of aromatic nitrogens is 2. The number of hydrogen-bond donors (Lipinski definition) is 0. The van der Waals surface area contributed by atoms with Crippen molar-refractivity contribution in [1.29, 1.82) is 0 Å². The molecule has 4 heteroatoms. The van der Waals surface area contributed by atoms with Crippen molar-refractivity contribution in [3.05, 3.63) is 40.6 Å². The number of carbonyl (C=O) groups excluding carboxylic acids is 1. The van der Waals surface area contributed by atoms with Gasteiger partial charge in [0.15, 0.2) is 5.78 Å². The number of rotatable bonds is 5. The Balaban J connectivity index is 2.09. The maximum Gasteiger partial charge on any atom is 0.180 e. The lowest BCUT2D eigenvalue weighted by Gasteiger charge is -2.04. The summed E-state index contributed by atoms with van der Waals surface area (Å²) in [6.45, 7) is 3.04. The van der Waals surface area contributed by atoms with Crippen LogP contribution < -0.4 is 0 Å². The summed E-state index contributed by atoms with van der Waals surface area (Å²) < 4.78 is 2.05. The van der Waals surface area contributed by atoms with Gasteiger partial charge in [0, 0.05) is 18.9 Å². The SMILES string of the molecule is CCCn1ccnc1CC(=O)c1cccs1. The van der Waals surface area contributed by atoms with E-state index in [-0.39, 0.29) is 5.78 Å². The summed E-state index contributed by atoms with van der Waals surface area (Å²) in [6, 6.07) is 3.76. The highest BCUT2D eigenvalue weighted by atomic mass is 32.1. The number of hydrogen-bond acceptors (Lipinski definition) is 3. The second-order valence-corrected chi connectivity index (χ2v) is 4.56. The quantitative estimate of drug-likeness (QED) is 0.746. The number of aryl methyl sites for hydroxylation is 1. The van der Waals surface area contributed by atoms with E-state index in [1.54, 1.807) is 6.20 Å². The summed E-state index contributed by atoms with van der Waals surface area (Å²) in [5, 5.41) is 1.92. The number of nitrogens with zero attached hydrogens (tertiary/aromatic N) is 2. The second kappa shape index (κ2) is 5.07. The van der Waals surface area contributed by atoms with Crippen LogP contribution in [0.3, 0.4) is 0 Å². The minimum atomic E-state index is 0.151. The van der Waals surface area contributed by atoms with E-state index in [1.807, 2.05) is 28.3 Å². The molecule has 0 saturated carbocycles. The van der Waals surface area contributed by atoms with E-state index in [1.165, 1.54) is 11.3 Å². The molecule has 2 heterocycles. The smallest absolute Gasteiger partial charge is 0.180 e. The standard InChI is InChI=1S/C12H14N2OS/c1-2-6-14-7-5-13-12(14)9-10(15)11-4-3-8-16-11/h3-5,7-8H,2,6,9H2,1H3. The predicted molar refractivity (Wildman–Crippen MR) is 64.9 cm³/mol. The molecule has 0 atom stereocenters. The number of Topliss-reactive ketones (excluding diaryl/α,β-unsaturated/α-hetero) is 1. The third-order valence-corrected chi connectivity index (χ3v) is 3.29. The van der Waals surface area contributed by atoms with Gasteiger partial charge in [-0.3, -0.25) is 4.79 Å². The Morgan fingerprint density at radius 1 is 1.56 bits per heavy atom. The average molecular weight is 234 g/mol. The van der Waals surface area contributed by atoms with Crippen LogP contribution in [0.5, 0.6) is 0 Å². The van der Waals surface area contributed by atoms with Crippen LogP contribution in [-0.2, 0) is 13.0 Å². The molecule has 0 aliphatic carbocycles. The van der Waals surface area contributed by atoms with Crippen LogP contribution in [0.2, 0.25) is 0 Å². The number of ketones is 1. The lowest BCUT2D eigenvalue weighted by Crippen LogP contribution is -2.09. The Morgan fingerprint density at radius 2 is 2.44 bits per heavy atom. The molecule has 2 aromatic heterocycles. The topological polar surface area (TPSA) is 34.9 Å². The Kier molecular flexibility index (Phi) is 3.51. The van der Waals surface area contributed by atoms with Crippen molar-refractivity contribution in [2.24, 2.45) is 0 Å². The van der Waals surface area contributed by atoms with Gasteiger partial charge in [-0.25, -0.2) is 4.98 Å². The maximum atomic E-state index is 11.9. The second-order valence-electron chi connectivity index (χ2n) is 3.61. The summed E-state index contributed by atoms with van der Waals surface area (Å²) in [5.74, 6) is 1.01. The average Bonchev–Trinajstić information content (AvgIpc) is 2.90. The van der Waals surface area contributed by atoms with Crippen molar-refractivity contribution in [3.8, 4) is 0 Å². The molecule has 0 fully saturated rings. The van der Waals surface area contributed by atoms with E-state index in [0.29, 0.717) is 6.42 Å². The summed E-state index contributed by atoms with van der Waals surface area (Å²) in [4.78, 5) is 16.9. The number of thiophene rings is 1. The molecule has 0 bridgehead atoms. The van der Waals surface area contributed by atoms with Gasteiger partial charge >= 0.3 is 0 Å². The van der Waals surface area contributed by atoms with Crippen LogP contribution in [0.15, 0.2) is 29.9 Å². The molecule has 0 unspecified atom stereocenters. The highest BCUT2D eigenvalue weighted by molar-refractivity contribution is 7.12. The van der Waals surface area contributed by atoms with Gasteiger partial charge in [0.2, 0.25) is 0 Å². The minimum absolute atomic E-state index is 0.151. The van der Waals surface area contributed by atoms with Crippen LogP contribution >= 0.6 is 11.3 Å². The summed E-state index contributed by atoms with van der Waals surface area (Å²) in [6.07, 6.45) is 5.14. The predicted octanol–water partition coefficient (Wildman–Crippen LogP) is 2.78. The van der Waals surface area contributed by atoms with Gasteiger partial charge in [-0.05, 0) is 17.9 Å². The van der Waals surface area contributed by atoms with Crippen LogP contribution in [0, 0.1) is 0 Å². The first kappa shape index (κ1) is 11.1. The first-order valence-corrected chi connectivity index (χ1v) is 6.26. The van der Waals surface area contributed by atoms with E-state index < -0.39 is 0 Å². The molecule has 0 aliphatic heterocycles. The molecule has 0 aromatic carbocycles. The molecular weight excluding hydrogens is 220 g/mol. The van der Waals surface area contributed by atoms with Crippen LogP contribution in [0.4, 0.5) is 0 Å². The molecule has 0 N–H and O–H groups in total. The zero-order valence-corrected chi connectivity index (χ0v) is 10.0. The van der Waals surface area contributed by atoms with E-state index >= 15 is 0 Å². The van der Waals surface area contributed by atoms with Gasteiger partial charge in [-0.2, -0.15) is 0 Å². The monoisotopic (exact) mass is 234 g/mol. The summed E-state index contributed by atoms with van der Waals surface area (Å²) >= 11 is 1.49. The lowest BCUT2D eigenvalue weighted by atomic mass is 10.2. The van der Waals surface area contributed by atoms with Crippen LogP contribution in [-0.4, -0.2) is 15.3 Å². The molecule has 16 heavy (non-hydrogen) atoms. The largest absolute Gasteiger partial charge is 0.335 e. The van der Waals surface area contributed by atoms with Gasteiger partial charge in [-0.1, -0.05) is 13.0 Å². The molecular formula is C12H14N2OS. The van der Waals surface area contributed by atoms with Crippen LogP contribution in [0.25, 0.3) is 0 Å². The molecule has 0 amide bonds. The maximum absolute atomic E-state index is 11.9. The molecule has 3 nitrogen and oxygen atoms in total. The molecule has 0 radical (unpaired) electrons. The van der Waals surface area contributed by atoms with Crippen molar-refractivity contribution in [1.82, 2.24) is 9.55 Å². The Labute approximate surface area is 98.8 Å². The van der Waals surface area contributed by atoms with Crippen molar-refractivity contribution < 1.29 is 4.79 Å². The Morgan fingerprint density at radius 3 is 3.12 bits per heavy atom. The van der Waals surface area contributed by atoms with Gasteiger partial charge in [-0.15, -0.1) is 11.3 Å². The fourth-order valence-electron chi connectivity index (χ4n) is 1.62. The van der Waals surface area contributed by atoms with E-state index in [9.17, 15) is 4.79 Å². The van der Waals surface area contributed by atoms with E-state index in [4.69, 9.17) is 0 Å².